The van der Waals surface area contributed by atoms with Gasteiger partial charge in [-0.1, -0.05) is 27.7 Å². The number of rotatable bonds is 10. The summed E-state index contributed by atoms with van der Waals surface area (Å²) in [4.78, 5) is 2.11. The lowest BCUT2D eigenvalue weighted by Gasteiger charge is -2.24. The van der Waals surface area contributed by atoms with Crippen LogP contribution in [0, 0.1) is 0 Å². The van der Waals surface area contributed by atoms with Gasteiger partial charge in [0, 0.05) is 12.7 Å². The molecule has 0 amide bonds. The van der Waals surface area contributed by atoms with Gasteiger partial charge in [0.1, 0.15) is 0 Å². The van der Waals surface area contributed by atoms with E-state index in [2.05, 4.69) is 10.00 Å². The van der Waals surface area contributed by atoms with E-state index in [1.165, 1.54) is 0 Å². The maximum Gasteiger partial charge on any atom is 0.268 e. The highest BCUT2D eigenvalue weighted by Crippen LogP contribution is 2.43. The maximum absolute atomic E-state index is 12.9. The van der Waals surface area contributed by atoms with Gasteiger partial charge < -0.3 is 4.90 Å². The predicted molar refractivity (Wildman–Crippen MR) is 101 cm³/mol. The fourth-order valence-electron chi connectivity index (χ4n) is 1.89. The molecule has 0 aromatic carbocycles. The van der Waals surface area contributed by atoms with Gasteiger partial charge in [-0.15, -0.1) is 0 Å². The molecule has 0 N–H and O–H groups in total. The molecular weight excluding hydrogens is 350 g/mol. The van der Waals surface area contributed by atoms with Gasteiger partial charge in [-0.2, -0.15) is 8.94 Å². The molecule has 1 rings (SSSR count). The molecule has 0 aliphatic heterocycles. The van der Waals surface area contributed by atoms with Crippen LogP contribution in [0.1, 0.15) is 34.1 Å². The molecule has 1 heterocycles. The van der Waals surface area contributed by atoms with E-state index < -0.39 is 10.0 Å². The molecule has 0 bridgehead atoms. The van der Waals surface area contributed by atoms with Gasteiger partial charge in [-0.25, -0.2) is 8.42 Å². The topological polar surface area (TPSA) is 58.4 Å². The van der Waals surface area contributed by atoms with E-state index >= 15 is 0 Å². The van der Waals surface area contributed by atoms with Gasteiger partial charge in [0.05, 0.1) is 0 Å². The first-order valence-corrected chi connectivity index (χ1v) is 11.4. The van der Waals surface area contributed by atoms with E-state index in [-0.39, 0.29) is 22.5 Å². The van der Waals surface area contributed by atoms with Crippen molar-refractivity contribution in [3.8, 4) is 0 Å². The van der Waals surface area contributed by atoms with Gasteiger partial charge in [0.15, 0.2) is 5.03 Å². The summed E-state index contributed by atoms with van der Waals surface area (Å²) in [6.07, 6.45) is 2.71. The fraction of sp³-hybridized carbons (Fsp3) is 0.786. The van der Waals surface area contributed by atoms with Crippen LogP contribution in [0.4, 0.5) is 0 Å². The lowest BCUT2D eigenvalue weighted by molar-refractivity contribution is 0.379. The van der Waals surface area contributed by atoms with Crippen molar-refractivity contribution in [1.29, 1.82) is 0 Å². The molecule has 134 valence electrons. The fourth-order valence-corrected chi connectivity index (χ4v) is 8.24. The molecule has 6 nitrogen and oxygen atoms in total. The first kappa shape index (κ1) is 21.0. The summed E-state index contributed by atoms with van der Waals surface area (Å²) in [5.74, 6) is 0. The molecule has 9 heteroatoms. The van der Waals surface area contributed by atoms with Crippen LogP contribution in [0.5, 0.6) is 0 Å². The summed E-state index contributed by atoms with van der Waals surface area (Å²) in [6, 6.07) is 1.62. The molecule has 0 radical (unpaired) electrons. The van der Waals surface area contributed by atoms with Crippen molar-refractivity contribution in [2.75, 3.05) is 20.6 Å². The van der Waals surface area contributed by atoms with Crippen molar-refractivity contribution in [3.63, 3.8) is 0 Å². The van der Waals surface area contributed by atoms with Crippen molar-refractivity contribution >= 4 is 27.5 Å². The van der Waals surface area contributed by atoms with E-state index in [1.54, 1.807) is 20.8 Å². The second-order valence-corrected chi connectivity index (χ2v) is 13.0. The minimum Gasteiger partial charge on any atom is -0.309 e. The van der Waals surface area contributed by atoms with E-state index in [4.69, 9.17) is 0 Å². The summed E-state index contributed by atoms with van der Waals surface area (Å²) in [5, 5.41) is 4.46. The molecule has 0 spiro atoms. The number of nitrogens with zero attached hydrogens (tertiary/aromatic N) is 4. The van der Waals surface area contributed by atoms with Gasteiger partial charge in [-0.3, -0.25) is 4.68 Å². The first-order valence-electron chi connectivity index (χ1n) is 7.88. The van der Waals surface area contributed by atoms with Crippen molar-refractivity contribution in [3.05, 3.63) is 12.3 Å². The van der Waals surface area contributed by atoms with Crippen molar-refractivity contribution in [1.82, 2.24) is 18.5 Å². The third-order valence-electron chi connectivity index (χ3n) is 2.86. The zero-order chi connectivity index (χ0) is 17.6. The van der Waals surface area contributed by atoms with Crippen molar-refractivity contribution < 1.29 is 8.42 Å². The van der Waals surface area contributed by atoms with Gasteiger partial charge in [0.25, 0.3) is 10.0 Å². The molecule has 0 aliphatic rings. The Balaban J connectivity index is 2.86. The van der Waals surface area contributed by atoms with E-state index in [0.717, 1.165) is 19.5 Å². The molecule has 0 aliphatic carbocycles. The smallest absolute Gasteiger partial charge is 0.268 e. The van der Waals surface area contributed by atoms with E-state index in [1.807, 2.05) is 41.8 Å². The molecule has 2 atom stereocenters. The van der Waals surface area contributed by atoms with Crippen LogP contribution in [-0.4, -0.2) is 58.9 Å². The maximum atomic E-state index is 12.9. The highest BCUT2D eigenvalue weighted by atomic mass is 32.2. The number of sulfonamides is 1. The Kier molecular flexibility index (Phi) is 8.60. The first-order chi connectivity index (χ1) is 10.6. The Morgan fingerprint density at radius 1 is 1.17 bits per heavy atom. The molecule has 0 saturated heterocycles. The van der Waals surface area contributed by atoms with Crippen LogP contribution in [0.2, 0.25) is 0 Å². The number of aryl methyl sites for hydroxylation is 1. The van der Waals surface area contributed by atoms with Crippen LogP contribution >= 0.6 is 17.5 Å². The van der Waals surface area contributed by atoms with Crippen LogP contribution in [0.15, 0.2) is 17.3 Å². The van der Waals surface area contributed by atoms with Crippen LogP contribution in [-0.2, 0) is 16.6 Å². The molecule has 2 unspecified atom stereocenters. The summed E-state index contributed by atoms with van der Waals surface area (Å²) >= 11 is 0. The standard InChI is InChI=1S/C14H30N4O2P2S/c1-12(2)21-18(22-13(3)4)23(19,20)14-8-11-17(15-14)10-7-9-16(5)6/h8,11-13,21-22H,7,9-10H2,1-6H3. The second kappa shape index (κ2) is 9.43. The second-order valence-electron chi connectivity index (χ2n) is 6.41. The summed E-state index contributed by atoms with van der Waals surface area (Å²) in [7, 11) is 1.07. The van der Waals surface area contributed by atoms with Crippen molar-refractivity contribution in [2.24, 2.45) is 0 Å². The molecule has 23 heavy (non-hydrogen) atoms. The lowest BCUT2D eigenvalue weighted by Crippen LogP contribution is -2.20. The minimum atomic E-state index is -3.50. The van der Waals surface area contributed by atoms with Crippen LogP contribution in [0.25, 0.3) is 0 Å². The Morgan fingerprint density at radius 2 is 1.74 bits per heavy atom. The normalized spacial score (nSPS) is 14.0. The predicted octanol–water partition coefficient (Wildman–Crippen LogP) is 2.83. The van der Waals surface area contributed by atoms with Gasteiger partial charge in [-0.05, 0) is 61.9 Å². The van der Waals surface area contributed by atoms with Gasteiger partial charge in [0.2, 0.25) is 0 Å². The van der Waals surface area contributed by atoms with E-state index in [0.29, 0.717) is 11.3 Å². The van der Waals surface area contributed by atoms with Crippen LogP contribution in [0.3, 0.4) is 0 Å². The highest BCUT2D eigenvalue weighted by molar-refractivity contribution is 7.97. The SMILES string of the molecule is CC(C)PN(PC(C)C)S(=O)(=O)c1ccn(CCCN(C)C)n1. The van der Waals surface area contributed by atoms with Crippen LogP contribution < -0.4 is 0 Å². The molecule has 1 aromatic heterocycles. The Bertz CT molecular complexity index is 563. The Hall–Kier alpha value is -0.0600. The minimum absolute atomic E-state index is 0.170. The molecule has 0 saturated carbocycles. The Morgan fingerprint density at radius 3 is 2.22 bits per heavy atom. The lowest BCUT2D eigenvalue weighted by atomic mass is 10.4. The zero-order valence-corrected chi connectivity index (χ0v) is 17.8. The average Bonchev–Trinajstić information content (AvgIpc) is 2.86. The van der Waals surface area contributed by atoms with Crippen molar-refractivity contribution in [2.45, 2.75) is 57.0 Å². The number of aromatic nitrogens is 2. The quantitative estimate of drug-likeness (QED) is 0.586. The summed E-state index contributed by atoms with van der Waals surface area (Å²) in [5.41, 5.74) is 0.636. The number of hydrogen-bond acceptors (Lipinski definition) is 4. The summed E-state index contributed by atoms with van der Waals surface area (Å²) < 4.78 is 29.1. The highest BCUT2D eigenvalue weighted by Gasteiger charge is 2.28. The third-order valence-corrected chi connectivity index (χ3v) is 8.44. The molecule has 1 aromatic rings. The zero-order valence-electron chi connectivity index (χ0n) is 14.9. The molecule has 0 fully saturated rings. The molecular formula is C14H30N4O2P2S. The van der Waals surface area contributed by atoms with E-state index in [9.17, 15) is 8.42 Å². The summed E-state index contributed by atoms with van der Waals surface area (Å²) in [6.45, 7) is 9.87. The third kappa shape index (κ3) is 7.15. The Labute approximate surface area is 144 Å². The monoisotopic (exact) mass is 380 g/mol. The average molecular weight is 380 g/mol. The largest absolute Gasteiger partial charge is 0.309 e. The number of hydrogen-bond donors (Lipinski definition) is 0. The van der Waals surface area contributed by atoms with Gasteiger partial charge >= 0.3 is 0 Å².